The Kier molecular flexibility index (Phi) is 4.08. The predicted molar refractivity (Wildman–Crippen MR) is 85.7 cm³/mol. The molecule has 0 spiro atoms. The number of carbonyl (C=O) groups is 2. The molecule has 116 valence electrons. The number of aromatic carboxylic acids is 1. The summed E-state index contributed by atoms with van der Waals surface area (Å²) in [5.41, 5.74) is 4.63. The van der Waals surface area contributed by atoms with Gasteiger partial charge in [-0.05, 0) is 61.4 Å². The van der Waals surface area contributed by atoms with Gasteiger partial charge in [0.05, 0.1) is 18.1 Å². The van der Waals surface area contributed by atoms with Gasteiger partial charge >= 0.3 is 11.9 Å². The molecule has 0 heterocycles. The molecule has 2 aliphatic rings. The average Bonchev–Trinajstić information content (AvgIpc) is 2.84. The van der Waals surface area contributed by atoms with Crippen molar-refractivity contribution in [3.8, 4) is 0 Å². The number of hydrogen-bond acceptors (Lipinski definition) is 3. The molecule has 1 aromatic rings. The summed E-state index contributed by atoms with van der Waals surface area (Å²) in [6.45, 7) is 2.21. The van der Waals surface area contributed by atoms with E-state index in [2.05, 4.69) is 15.9 Å². The number of carboxylic acids is 1. The number of benzene rings is 1. The monoisotopic (exact) mass is 364 g/mol. The molecular formula is C17H17BrO4. The van der Waals surface area contributed by atoms with Gasteiger partial charge in [-0.15, -0.1) is 0 Å². The number of hydrogen-bond donors (Lipinski definition) is 1. The standard InChI is InChI=1S/C17H17BrO4/c1-2-22-17(21)10-4-3-9-5-13-14(12(9)6-10)7-11(18)8-15(13)16(19)20/h7-8,10H,2-6H2,1H3,(H,19,20). The molecule has 0 aliphatic heterocycles. The van der Waals surface area contributed by atoms with E-state index in [1.54, 1.807) is 6.07 Å². The molecular weight excluding hydrogens is 348 g/mol. The van der Waals surface area contributed by atoms with Crippen LogP contribution in [-0.2, 0) is 16.0 Å². The van der Waals surface area contributed by atoms with Crippen LogP contribution in [0, 0.1) is 5.92 Å². The second-order valence-corrected chi connectivity index (χ2v) is 6.65. The topological polar surface area (TPSA) is 63.6 Å². The second kappa shape index (κ2) is 5.88. The fourth-order valence-electron chi connectivity index (χ4n) is 3.45. The van der Waals surface area contributed by atoms with Crippen LogP contribution < -0.4 is 0 Å². The molecule has 22 heavy (non-hydrogen) atoms. The van der Waals surface area contributed by atoms with Gasteiger partial charge < -0.3 is 9.84 Å². The number of halogens is 1. The van der Waals surface area contributed by atoms with E-state index in [9.17, 15) is 14.7 Å². The van der Waals surface area contributed by atoms with Gasteiger partial charge in [0.15, 0.2) is 0 Å². The van der Waals surface area contributed by atoms with Gasteiger partial charge in [0.1, 0.15) is 0 Å². The van der Waals surface area contributed by atoms with Gasteiger partial charge in [0, 0.05) is 4.47 Å². The largest absolute Gasteiger partial charge is 0.478 e. The Hall–Kier alpha value is -1.62. The molecule has 5 heteroatoms. The number of carbonyl (C=O) groups excluding carboxylic acids is 1. The zero-order valence-corrected chi connectivity index (χ0v) is 13.9. The zero-order chi connectivity index (χ0) is 15.9. The Balaban J connectivity index is 1.96. The Morgan fingerprint density at radius 1 is 1.41 bits per heavy atom. The summed E-state index contributed by atoms with van der Waals surface area (Å²) in [4.78, 5) is 23.5. The molecule has 0 saturated carbocycles. The summed E-state index contributed by atoms with van der Waals surface area (Å²) in [6, 6.07) is 3.63. The molecule has 4 nitrogen and oxygen atoms in total. The third-order valence-electron chi connectivity index (χ3n) is 4.45. The van der Waals surface area contributed by atoms with E-state index in [0.717, 1.165) is 34.0 Å². The molecule has 1 atom stereocenters. The van der Waals surface area contributed by atoms with Crippen LogP contribution >= 0.6 is 15.9 Å². The summed E-state index contributed by atoms with van der Waals surface area (Å²) >= 11 is 3.39. The minimum Gasteiger partial charge on any atom is -0.478 e. The highest BCUT2D eigenvalue weighted by atomic mass is 79.9. The van der Waals surface area contributed by atoms with Crippen LogP contribution in [0.2, 0.25) is 0 Å². The third kappa shape index (κ3) is 2.58. The summed E-state index contributed by atoms with van der Waals surface area (Å²) in [5.74, 6) is -1.16. The molecule has 0 aromatic heterocycles. The maximum atomic E-state index is 12.0. The number of ether oxygens (including phenoxy) is 1. The molecule has 1 N–H and O–H groups in total. The van der Waals surface area contributed by atoms with Crippen LogP contribution in [0.3, 0.4) is 0 Å². The van der Waals surface area contributed by atoms with Gasteiger partial charge in [-0.3, -0.25) is 4.79 Å². The minimum absolute atomic E-state index is 0.114. The van der Waals surface area contributed by atoms with Crippen molar-refractivity contribution in [3.63, 3.8) is 0 Å². The van der Waals surface area contributed by atoms with Gasteiger partial charge in [-0.2, -0.15) is 0 Å². The smallest absolute Gasteiger partial charge is 0.336 e. The van der Waals surface area contributed by atoms with Gasteiger partial charge in [0.25, 0.3) is 0 Å². The Morgan fingerprint density at radius 2 is 2.18 bits per heavy atom. The van der Waals surface area contributed by atoms with Crippen LogP contribution in [0.5, 0.6) is 0 Å². The normalized spacial score (nSPS) is 19.6. The van der Waals surface area contributed by atoms with Crippen molar-refractivity contribution in [3.05, 3.63) is 38.9 Å². The molecule has 0 amide bonds. The number of rotatable bonds is 3. The van der Waals surface area contributed by atoms with Crippen molar-refractivity contribution in [2.75, 3.05) is 6.61 Å². The maximum absolute atomic E-state index is 12.0. The summed E-state index contributed by atoms with van der Waals surface area (Å²) in [5, 5.41) is 9.40. The molecule has 0 fully saturated rings. The van der Waals surface area contributed by atoms with Crippen molar-refractivity contribution in [2.24, 2.45) is 5.92 Å². The molecule has 0 bridgehead atoms. The lowest BCUT2D eigenvalue weighted by atomic mass is 9.84. The highest BCUT2D eigenvalue weighted by Gasteiger charge is 2.34. The highest BCUT2D eigenvalue weighted by Crippen LogP contribution is 2.45. The predicted octanol–water partition coefficient (Wildman–Crippen LogP) is 3.82. The summed E-state index contributed by atoms with van der Waals surface area (Å²) in [7, 11) is 0. The van der Waals surface area contributed by atoms with Gasteiger partial charge in [-0.25, -0.2) is 4.79 Å². The first-order chi connectivity index (χ1) is 10.5. The van der Waals surface area contributed by atoms with E-state index >= 15 is 0 Å². The first kappa shape index (κ1) is 15.3. The van der Waals surface area contributed by atoms with E-state index in [-0.39, 0.29) is 11.9 Å². The first-order valence-electron chi connectivity index (χ1n) is 7.44. The van der Waals surface area contributed by atoms with Crippen LogP contribution in [0.15, 0.2) is 22.2 Å². The van der Waals surface area contributed by atoms with E-state index in [1.807, 2.05) is 13.0 Å². The lowest BCUT2D eigenvalue weighted by Gasteiger charge is -2.22. The SMILES string of the molecule is CCOC(=O)C1CCC2=C(C1)c1cc(Br)cc(C(=O)O)c1C2. The van der Waals surface area contributed by atoms with Gasteiger partial charge in [0.2, 0.25) is 0 Å². The van der Waals surface area contributed by atoms with E-state index < -0.39 is 5.97 Å². The van der Waals surface area contributed by atoms with E-state index in [1.165, 1.54) is 5.57 Å². The lowest BCUT2D eigenvalue weighted by Crippen LogP contribution is -2.21. The lowest BCUT2D eigenvalue weighted by molar-refractivity contribution is -0.148. The Bertz CT molecular complexity index is 690. The van der Waals surface area contributed by atoms with Crippen molar-refractivity contribution in [1.82, 2.24) is 0 Å². The quantitative estimate of drug-likeness (QED) is 0.828. The molecule has 0 saturated heterocycles. The molecule has 0 radical (unpaired) electrons. The number of fused-ring (bicyclic) bond motifs is 2. The highest BCUT2D eigenvalue weighted by molar-refractivity contribution is 9.10. The van der Waals surface area contributed by atoms with Crippen molar-refractivity contribution < 1.29 is 19.4 Å². The Labute approximate surface area is 137 Å². The third-order valence-corrected chi connectivity index (χ3v) is 4.91. The van der Waals surface area contributed by atoms with E-state index in [0.29, 0.717) is 25.0 Å². The minimum atomic E-state index is -0.903. The second-order valence-electron chi connectivity index (χ2n) is 5.74. The summed E-state index contributed by atoms with van der Waals surface area (Å²) < 4.78 is 5.90. The Morgan fingerprint density at radius 3 is 2.86 bits per heavy atom. The molecule has 2 aliphatic carbocycles. The zero-order valence-electron chi connectivity index (χ0n) is 12.3. The van der Waals surface area contributed by atoms with E-state index in [4.69, 9.17) is 4.74 Å². The fourth-order valence-corrected chi connectivity index (χ4v) is 3.91. The van der Waals surface area contributed by atoms with Gasteiger partial charge in [-0.1, -0.05) is 21.5 Å². The van der Waals surface area contributed by atoms with Crippen molar-refractivity contribution in [2.45, 2.75) is 32.6 Å². The number of allylic oxidation sites excluding steroid dienone is 2. The van der Waals surface area contributed by atoms with Crippen molar-refractivity contribution in [1.29, 1.82) is 0 Å². The van der Waals surface area contributed by atoms with Crippen LogP contribution in [0.1, 0.15) is 47.7 Å². The molecule has 1 aromatic carbocycles. The van der Waals surface area contributed by atoms with Crippen LogP contribution in [-0.4, -0.2) is 23.7 Å². The fraction of sp³-hybridized carbons (Fsp3) is 0.412. The summed E-state index contributed by atoms with van der Waals surface area (Å²) in [6.07, 6.45) is 2.96. The molecule has 3 rings (SSSR count). The number of carboxylic acid groups (broad SMARTS) is 1. The average molecular weight is 365 g/mol. The maximum Gasteiger partial charge on any atom is 0.336 e. The number of esters is 1. The first-order valence-corrected chi connectivity index (χ1v) is 8.24. The molecule has 1 unspecified atom stereocenters. The van der Waals surface area contributed by atoms with Crippen LogP contribution in [0.4, 0.5) is 0 Å². The van der Waals surface area contributed by atoms with Crippen LogP contribution in [0.25, 0.3) is 5.57 Å². The van der Waals surface area contributed by atoms with Crippen molar-refractivity contribution >= 4 is 33.4 Å².